The number of cyclic esters (lactones) is 1. The first-order valence-corrected chi connectivity index (χ1v) is 5.26. The van der Waals surface area contributed by atoms with Crippen molar-refractivity contribution in [3.05, 3.63) is 24.3 Å². The van der Waals surface area contributed by atoms with E-state index in [0.29, 0.717) is 17.9 Å². The minimum Gasteiger partial charge on any atom is -0.497 e. The second-order valence-electron chi connectivity index (χ2n) is 3.62. The largest absolute Gasteiger partial charge is 0.497 e. The van der Waals surface area contributed by atoms with Gasteiger partial charge in [-0.05, 0) is 12.1 Å². The Labute approximate surface area is 99.2 Å². The quantitative estimate of drug-likeness (QED) is 0.781. The Hall–Kier alpha value is -2.22. The van der Waals surface area contributed by atoms with E-state index in [2.05, 4.69) is 6.07 Å². The van der Waals surface area contributed by atoms with Gasteiger partial charge in [0.25, 0.3) is 0 Å². The molecule has 1 aromatic rings. The Morgan fingerprint density at radius 3 is 3.12 bits per heavy atom. The molecule has 0 radical (unpaired) electrons. The average molecular weight is 232 g/mol. The van der Waals surface area contributed by atoms with E-state index in [1.54, 1.807) is 31.4 Å². The molecule has 1 aromatic carbocycles. The summed E-state index contributed by atoms with van der Waals surface area (Å²) < 4.78 is 10.0. The Bertz CT molecular complexity index is 467. The van der Waals surface area contributed by atoms with Crippen molar-refractivity contribution in [1.82, 2.24) is 0 Å². The van der Waals surface area contributed by atoms with Crippen molar-refractivity contribution in [3.63, 3.8) is 0 Å². The fourth-order valence-corrected chi connectivity index (χ4v) is 1.75. The molecule has 1 atom stereocenters. The second kappa shape index (κ2) is 4.74. The fraction of sp³-hybridized carbons (Fsp3) is 0.333. The van der Waals surface area contributed by atoms with Crippen LogP contribution in [0.5, 0.6) is 5.75 Å². The minimum absolute atomic E-state index is 0.289. The van der Waals surface area contributed by atoms with E-state index in [0.717, 1.165) is 0 Å². The molecule has 0 N–H and O–H groups in total. The zero-order chi connectivity index (χ0) is 12.3. The van der Waals surface area contributed by atoms with Crippen LogP contribution in [0.2, 0.25) is 0 Å². The van der Waals surface area contributed by atoms with Crippen LogP contribution < -0.4 is 9.64 Å². The number of nitriles is 1. The molecule has 0 aromatic heterocycles. The molecule has 5 heteroatoms. The molecule has 17 heavy (non-hydrogen) atoms. The van der Waals surface area contributed by atoms with Crippen LogP contribution in [0.4, 0.5) is 10.5 Å². The molecule has 5 nitrogen and oxygen atoms in total. The van der Waals surface area contributed by atoms with Crippen LogP contribution >= 0.6 is 0 Å². The molecule has 1 fully saturated rings. The molecule has 0 saturated carbocycles. The van der Waals surface area contributed by atoms with E-state index in [9.17, 15) is 4.79 Å². The van der Waals surface area contributed by atoms with Gasteiger partial charge in [-0.3, -0.25) is 4.90 Å². The summed E-state index contributed by atoms with van der Waals surface area (Å²) in [5.74, 6) is 0.637. The maximum Gasteiger partial charge on any atom is 0.415 e. The third-order valence-corrected chi connectivity index (χ3v) is 2.61. The van der Waals surface area contributed by atoms with Gasteiger partial charge in [0.15, 0.2) is 0 Å². The van der Waals surface area contributed by atoms with Crippen LogP contribution in [0.1, 0.15) is 6.42 Å². The van der Waals surface area contributed by atoms with Gasteiger partial charge >= 0.3 is 6.09 Å². The first-order chi connectivity index (χ1) is 8.26. The maximum absolute atomic E-state index is 11.7. The van der Waals surface area contributed by atoms with Crippen molar-refractivity contribution in [2.75, 3.05) is 18.6 Å². The third kappa shape index (κ3) is 2.16. The summed E-state index contributed by atoms with van der Waals surface area (Å²) in [6, 6.07) is 8.62. The van der Waals surface area contributed by atoms with Crippen LogP contribution in [0.25, 0.3) is 0 Å². The van der Waals surface area contributed by atoms with Crippen molar-refractivity contribution in [1.29, 1.82) is 5.26 Å². The van der Waals surface area contributed by atoms with Gasteiger partial charge in [0.1, 0.15) is 11.8 Å². The lowest BCUT2D eigenvalue weighted by atomic mass is 10.1. The van der Waals surface area contributed by atoms with Gasteiger partial charge in [0, 0.05) is 12.5 Å². The predicted octanol–water partition coefficient (Wildman–Crippen LogP) is 1.93. The van der Waals surface area contributed by atoms with Gasteiger partial charge in [0.2, 0.25) is 0 Å². The summed E-state index contributed by atoms with van der Waals surface area (Å²) in [4.78, 5) is 13.0. The van der Waals surface area contributed by atoms with Crippen LogP contribution in [-0.2, 0) is 4.74 Å². The van der Waals surface area contributed by atoms with Crippen LogP contribution in [0, 0.1) is 11.3 Å². The molecule has 0 bridgehead atoms. The molecular formula is C12H12N2O3. The normalized spacial score (nSPS) is 19.4. The molecule has 1 aliphatic heterocycles. The summed E-state index contributed by atoms with van der Waals surface area (Å²) in [7, 11) is 1.55. The summed E-state index contributed by atoms with van der Waals surface area (Å²) in [5.41, 5.74) is 0.612. The SMILES string of the molecule is COc1cccc(N2C(=O)OCCC2C#N)c1. The van der Waals surface area contributed by atoms with Crippen LogP contribution in [0.15, 0.2) is 24.3 Å². The van der Waals surface area contributed by atoms with Crippen molar-refractivity contribution >= 4 is 11.8 Å². The first kappa shape index (κ1) is 11.3. The average Bonchev–Trinajstić information content (AvgIpc) is 2.38. The standard InChI is InChI=1S/C12H12N2O3/c1-16-11-4-2-3-9(7-11)14-10(8-13)5-6-17-12(14)15/h2-4,7,10H,5-6H2,1H3. The summed E-state index contributed by atoms with van der Waals surface area (Å²) >= 11 is 0. The third-order valence-electron chi connectivity index (χ3n) is 2.61. The monoisotopic (exact) mass is 232 g/mol. The highest BCUT2D eigenvalue weighted by Crippen LogP contribution is 2.26. The van der Waals surface area contributed by atoms with E-state index in [4.69, 9.17) is 14.7 Å². The van der Waals surface area contributed by atoms with Gasteiger partial charge in [-0.2, -0.15) is 5.26 Å². The van der Waals surface area contributed by atoms with Gasteiger partial charge in [-0.1, -0.05) is 6.07 Å². The molecule has 2 rings (SSSR count). The fourth-order valence-electron chi connectivity index (χ4n) is 1.75. The molecule has 1 heterocycles. The number of carbonyl (C=O) groups is 1. The Balaban J connectivity index is 2.35. The molecule has 1 saturated heterocycles. The summed E-state index contributed by atoms with van der Waals surface area (Å²) in [5, 5.41) is 9.04. The van der Waals surface area contributed by atoms with E-state index in [1.165, 1.54) is 4.90 Å². The highest BCUT2D eigenvalue weighted by atomic mass is 16.6. The van der Waals surface area contributed by atoms with E-state index in [-0.39, 0.29) is 6.61 Å². The number of methoxy groups -OCH3 is 1. The Morgan fingerprint density at radius 2 is 2.41 bits per heavy atom. The smallest absolute Gasteiger partial charge is 0.415 e. The summed E-state index contributed by atoms with van der Waals surface area (Å²) in [6.45, 7) is 0.289. The number of benzene rings is 1. The molecule has 1 aliphatic rings. The number of ether oxygens (including phenoxy) is 2. The minimum atomic E-state index is -0.490. The summed E-state index contributed by atoms with van der Waals surface area (Å²) in [6.07, 6.45) is 0.0236. The lowest BCUT2D eigenvalue weighted by Gasteiger charge is -2.30. The van der Waals surface area contributed by atoms with E-state index in [1.807, 2.05) is 0 Å². The van der Waals surface area contributed by atoms with Crippen molar-refractivity contribution in [2.24, 2.45) is 0 Å². The molecule has 0 spiro atoms. The number of nitrogens with zero attached hydrogens (tertiary/aromatic N) is 2. The van der Waals surface area contributed by atoms with Gasteiger partial charge < -0.3 is 9.47 Å². The van der Waals surface area contributed by atoms with Crippen molar-refractivity contribution < 1.29 is 14.3 Å². The van der Waals surface area contributed by atoms with Gasteiger partial charge in [-0.15, -0.1) is 0 Å². The number of hydrogen-bond donors (Lipinski definition) is 0. The second-order valence-corrected chi connectivity index (χ2v) is 3.62. The zero-order valence-corrected chi connectivity index (χ0v) is 9.42. The van der Waals surface area contributed by atoms with E-state index >= 15 is 0 Å². The number of carbonyl (C=O) groups excluding carboxylic acids is 1. The molecule has 0 aliphatic carbocycles. The number of amides is 1. The Kier molecular flexibility index (Phi) is 3.15. The number of rotatable bonds is 2. The lowest BCUT2D eigenvalue weighted by Crippen LogP contribution is -2.45. The topological polar surface area (TPSA) is 62.6 Å². The molecular weight excluding hydrogens is 220 g/mol. The molecule has 88 valence electrons. The highest BCUT2D eigenvalue weighted by molar-refractivity contribution is 5.89. The predicted molar refractivity (Wildman–Crippen MR) is 60.8 cm³/mol. The number of hydrogen-bond acceptors (Lipinski definition) is 4. The maximum atomic E-state index is 11.7. The molecule has 1 amide bonds. The van der Waals surface area contributed by atoms with Crippen LogP contribution in [0.3, 0.4) is 0 Å². The highest BCUT2D eigenvalue weighted by Gasteiger charge is 2.31. The number of anilines is 1. The van der Waals surface area contributed by atoms with Crippen LogP contribution in [-0.4, -0.2) is 25.9 Å². The Morgan fingerprint density at radius 1 is 1.59 bits per heavy atom. The lowest BCUT2D eigenvalue weighted by molar-refractivity contribution is 0.134. The van der Waals surface area contributed by atoms with E-state index < -0.39 is 12.1 Å². The zero-order valence-electron chi connectivity index (χ0n) is 9.42. The first-order valence-electron chi connectivity index (χ1n) is 5.26. The molecule has 1 unspecified atom stereocenters. The van der Waals surface area contributed by atoms with Gasteiger partial charge in [0.05, 0.1) is 25.5 Å². The van der Waals surface area contributed by atoms with Gasteiger partial charge in [-0.25, -0.2) is 4.79 Å². The van der Waals surface area contributed by atoms with Crippen molar-refractivity contribution in [3.8, 4) is 11.8 Å². The van der Waals surface area contributed by atoms with Crippen molar-refractivity contribution in [2.45, 2.75) is 12.5 Å².